The van der Waals surface area contributed by atoms with Crippen molar-refractivity contribution < 1.29 is 13.6 Å². The van der Waals surface area contributed by atoms with Crippen molar-refractivity contribution in [1.29, 1.82) is 0 Å². The lowest BCUT2D eigenvalue weighted by atomic mass is 9.89. The van der Waals surface area contributed by atoms with E-state index in [0.29, 0.717) is 6.42 Å². The summed E-state index contributed by atoms with van der Waals surface area (Å²) < 4.78 is 27.3. The maximum absolute atomic E-state index is 13.9. The molecular formula is C16H23ClF2N4O. The van der Waals surface area contributed by atoms with E-state index in [-0.39, 0.29) is 41.9 Å². The van der Waals surface area contributed by atoms with Gasteiger partial charge in [-0.2, -0.15) is 0 Å². The van der Waals surface area contributed by atoms with Crippen LogP contribution in [0.2, 0.25) is 0 Å². The van der Waals surface area contributed by atoms with Gasteiger partial charge in [-0.15, -0.1) is 12.4 Å². The quantitative estimate of drug-likeness (QED) is 0.655. The van der Waals surface area contributed by atoms with Crippen LogP contribution >= 0.6 is 12.4 Å². The van der Waals surface area contributed by atoms with Crippen molar-refractivity contribution >= 4 is 18.3 Å². The number of amides is 1. The van der Waals surface area contributed by atoms with Gasteiger partial charge in [0.15, 0.2) is 0 Å². The summed E-state index contributed by atoms with van der Waals surface area (Å²) in [5.41, 5.74) is 6.38. The van der Waals surface area contributed by atoms with Crippen LogP contribution in [-0.4, -0.2) is 31.1 Å². The predicted molar refractivity (Wildman–Crippen MR) is 89.6 cm³/mol. The second-order valence-corrected chi connectivity index (χ2v) is 6.16. The fourth-order valence-corrected chi connectivity index (χ4v) is 3.42. The average Bonchev–Trinajstić information content (AvgIpc) is 2.99. The number of piperidine rings is 1. The molecule has 2 saturated heterocycles. The number of hydrazine groups is 1. The standard InChI is InChI=1S/C16H22F2N4O.ClH/c1-2-13(10-7-9(17)3-4-12(10)18)20-16(23)15-11-8-19-6-5-14(11)21-22-15;/h3-4,7,11,13-15,19,21-22H,2,5-6,8H2,1H3,(H,20,23);1H. The van der Waals surface area contributed by atoms with Crippen LogP contribution in [-0.2, 0) is 4.79 Å². The molecule has 1 amide bonds. The lowest BCUT2D eigenvalue weighted by Gasteiger charge is -2.28. The van der Waals surface area contributed by atoms with Gasteiger partial charge in [0.2, 0.25) is 5.91 Å². The molecule has 4 atom stereocenters. The summed E-state index contributed by atoms with van der Waals surface area (Å²) >= 11 is 0. The third kappa shape index (κ3) is 3.85. The van der Waals surface area contributed by atoms with Gasteiger partial charge >= 0.3 is 0 Å². The van der Waals surface area contributed by atoms with Gasteiger partial charge in [0, 0.05) is 24.1 Å². The summed E-state index contributed by atoms with van der Waals surface area (Å²) in [6.07, 6.45) is 1.44. The largest absolute Gasteiger partial charge is 0.348 e. The second kappa shape index (κ2) is 8.20. The SMILES string of the molecule is CCC(NC(=O)C1NNC2CCNCC21)c1cc(F)ccc1F.Cl. The summed E-state index contributed by atoms with van der Waals surface area (Å²) in [6, 6.07) is 2.66. The molecule has 2 heterocycles. The highest BCUT2D eigenvalue weighted by atomic mass is 35.5. The molecule has 24 heavy (non-hydrogen) atoms. The minimum Gasteiger partial charge on any atom is -0.348 e. The molecule has 4 N–H and O–H groups in total. The van der Waals surface area contributed by atoms with Crippen molar-refractivity contribution in [2.75, 3.05) is 13.1 Å². The summed E-state index contributed by atoms with van der Waals surface area (Å²) in [5.74, 6) is -1.05. The van der Waals surface area contributed by atoms with E-state index in [1.54, 1.807) is 0 Å². The Morgan fingerprint density at radius 2 is 2.17 bits per heavy atom. The van der Waals surface area contributed by atoms with Crippen LogP contribution in [0.3, 0.4) is 0 Å². The van der Waals surface area contributed by atoms with Gasteiger partial charge in [0.1, 0.15) is 17.7 Å². The van der Waals surface area contributed by atoms with Crippen molar-refractivity contribution in [3.63, 3.8) is 0 Å². The number of carbonyl (C=O) groups is 1. The maximum Gasteiger partial charge on any atom is 0.239 e. The van der Waals surface area contributed by atoms with Gasteiger partial charge in [-0.25, -0.2) is 14.2 Å². The number of fused-ring (bicyclic) bond motifs is 1. The molecule has 2 aliphatic rings. The van der Waals surface area contributed by atoms with E-state index in [4.69, 9.17) is 0 Å². The molecule has 0 aliphatic carbocycles. The molecule has 0 spiro atoms. The van der Waals surface area contributed by atoms with Crippen LogP contribution in [0.5, 0.6) is 0 Å². The van der Waals surface area contributed by atoms with E-state index >= 15 is 0 Å². The zero-order valence-corrected chi connectivity index (χ0v) is 14.3. The molecule has 0 bridgehead atoms. The van der Waals surface area contributed by atoms with Crippen molar-refractivity contribution in [1.82, 2.24) is 21.5 Å². The average molecular weight is 361 g/mol. The molecule has 1 aromatic rings. The first kappa shape index (κ1) is 19.1. The smallest absolute Gasteiger partial charge is 0.239 e. The summed E-state index contributed by atoms with van der Waals surface area (Å²) in [5, 5.41) is 6.14. The molecule has 3 rings (SSSR count). The molecule has 2 fully saturated rings. The van der Waals surface area contributed by atoms with E-state index in [0.717, 1.165) is 37.7 Å². The summed E-state index contributed by atoms with van der Waals surface area (Å²) in [7, 11) is 0. The number of hydrogen-bond acceptors (Lipinski definition) is 4. The number of benzene rings is 1. The summed E-state index contributed by atoms with van der Waals surface area (Å²) in [6.45, 7) is 3.52. The minimum absolute atomic E-state index is 0. The van der Waals surface area contributed by atoms with Gasteiger partial charge < -0.3 is 10.6 Å². The Morgan fingerprint density at radius 3 is 2.92 bits per heavy atom. The van der Waals surface area contributed by atoms with Crippen LogP contribution in [0.25, 0.3) is 0 Å². The normalized spacial score (nSPS) is 27.0. The zero-order valence-electron chi connectivity index (χ0n) is 13.4. The van der Waals surface area contributed by atoms with Crippen molar-refractivity contribution in [2.45, 2.75) is 37.9 Å². The Kier molecular flexibility index (Phi) is 6.51. The van der Waals surface area contributed by atoms with Gasteiger partial charge in [0.25, 0.3) is 0 Å². The Labute approximate surface area is 146 Å². The maximum atomic E-state index is 13.9. The number of hydrogen-bond donors (Lipinski definition) is 4. The van der Waals surface area contributed by atoms with Crippen molar-refractivity contribution in [2.24, 2.45) is 5.92 Å². The van der Waals surface area contributed by atoms with Gasteiger partial charge in [-0.3, -0.25) is 10.2 Å². The molecule has 0 radical (unpaired) electrons. The van der Waals surface area contributed by atoms with E-state index in [1.807, 2.05) is 6.92 Å². The highest BCUT2D eigenvalue weighted by Gasteiger charge is 2.41. The Bertz CT molecular complexity index is 589. The third-order valence-corrected chi connectivity index (χ3v) is 4.72. The molecule has 2 aliphatic heterocycles. The third-order valence-electron chi connectivity index (χ3n) is 4.72. The molecule has 5 nitrogen and oxygen atoms in total. The lowest BCUT2D eigenvalue weighted by Crippen LogP contribution is -2.50. The molecule has 0 saturated carbocycles. The van der Waals surface area contributed by atoms with E-state index in [1.165, 1.54) is 0 Å². The second-order valence-electron chi connectivity index (χ2n) is 6.16. The highest BCUT2D eigenvalue weighted by Crippen LogP contribution is 2.24. The van der Waals surface area contributed by atoms with Crippen LogP contribution in [0, 0.1) is 17.6 Å². The molecule has 134 valence electrons. The molecular weight excluding hydrogens is 338 g/mol. The van der Waals surface area contributed by atoms with E-state index in [2.05, 4.69) is 21.5 Å². The van der Waals surface area contributed by atoms with Gasteiger partial charge in [-0.1, -0.05) is 6.92 Å². The van der Waals surface area contributed by atoms with Crippen LogP contribution < -0.4 is 21.5 Å². The van der Waals surface area contributed by atoms with Crippen LogP contribution in [0.4, 0.5) is 8.78 Å². The number of halogens is 3. The van der Waals surface area contributed by atoms with Gasteiger partial charge in [-0.05, 0) is 37.6 Å². The first-order valence-electron chi connectivity index (χ1n) is 8.07. The van der Waals surface area contributed by atoms with Crippen molar-refractivity contribution in [3.05, 3.63) is 35.4 Å². The molecule has 1 aromatic carbocycles. The number of nitrogens with one attached hydrogen (secondary N) is 4. The number of rotatable bonds is 4. The van der Waals surface area contributed by atoms with Crippen molar-refractivity contribution in [3.8, 4) is 0 Å². The van der Waals surface area contributed by atoms with E-state index < -0.39 is 17.7 Å². The van der Waals surface area contributed by atoms with Crippen LogP contribution in [0.15, 0.2) is 18.2 Å². The molecule has 0 aromatic heterocycles. The minimum atomic E-state index is -0.546. The zero-order chi connectivity index (χ0) is 16.4. The lowest BCUT2D eigenvalue weighted by molar-refractivity contribution is -0.124. The first-order valence-corrected chi connectivity index (χ1v) is 8.07. The fourth-order valence-electron chi connectivity index (χ4n) is 3.42. The van der Waals surface area contributed by atoms with E-state index in [9.17, 15) is 13.6 Å². The highest BCUT2D eigenvalue weighted by molar-refractivity contribution is 5.85. The molecule has 4 unspecified atom stereocenters. The predicted octanol–water partition coefficient (Wildman–Crippen LogP) is 1.41. The molecule has 8 heteroatoms. The Hall–Kier alpha value is -1.28. The Balaban J connectivity index is 0.00000208. The summed E-state index contributed by atoms with van der Waals surface area (Å²) in [4.78, 5) is 12.6. The topological polar surface area (TPSA) is 65.2 Å². The monoisotopic (exact) mass is 360 g/mol. The fraction of sp³-hybridized carbons (Fsp3) is 0.562. The number of carbonyl (C=O) groups excluding carboxylic acids is 1. The van der Waals surface area contributed by atoms with Gasteiger partial charge in [0.05, 0.1) is 6.04 Å². The first-order chi connectivity index (χ1) is 11.1. The Morgan fingerprint density at radius 1 is 1.38 bits per heavy atom. The van der Waals surface area contributed by atoms with Crippen LogP contribution in [0.1, 0.15) is 31.4 Å².